The van der Waals surface area contributed by atoms with Gasteiger partial charge in [-0.3, -0.25) is 4.79 Å². The van der Waals surface area contributed by atoms with Crippen molar-refractivity contribution in [1.29, 1.82) is 0 Å². The van der Waals surface area contributed by atoms with Gasteiger partial charge >= 0.3 is 0 Å². The van der Waals surface area contributed by atoms with Crippen LogP contribution < -0.4 is 11.1 Å². The van der Waals surface area contributed by atoms with Crippen molar-refractivity contribution < 1.29 is 4.79 Å². The quantitative estimate of drug-likeness (QED) is 0.752. The van der Waals surface area contributed by atoms with Crippen LogP contribution in [0.3, 0.4) is 0 Å². The second-order valence-electron chi connectivity index (χ2n) is 4.72. The van der Waals surface area contributed by atoms with E-state index in [9.17, 15) is 4.79 Å². The number of amides is 1. The zero-order valence-electron chi connectivity index (χ0n) is 8.31. The van der Waals surface area contributed by atoms with Gasteiger partial charge in [0.1, 0.15) is 4.32 Å². The lowest BCUT2D eigenvalue weighted by Crippen LogP contribution is -2.58. The summed E-state index contributed by atoms with van der Waals surface area (Å²) in [6, 6.07) is 0. The van der Waals surface area contributed by atoms with Crippen LogP contribution >= 0.6 is 15.9 Å². The van der Waals surface area contributed by atoms with E-state index in [0.29, 0.717) is 6.54 Å². The molecule has 2 saturated carbocycles. The molecule has 0 aromatic heterocycles. The summed E-state index contributed by atoms with van der Waals surface area (Å²) in [6.45, 7) is 0.638. The predicted octanol–water partition coefficient (Wildman–Crippen LogP) is 1.30. The van der Waals surface area contributed by atoms with Crippen molar-refractivity contribution in [2.45, 2.75) is 48.4 Å². The Hall–Kier alpha value is -0.0900. The predicted molar refractivity (Wildman–Crippen MR) is 59.3 cm³/mol. The third-order valence-electron chi connectivity index (χ3n) is 3.50. The summed E-state index contributed by atoms with van der Waals surface area (Å²) in [6.07, 6.45) is 6.34. The van der Waals surface area contributed by atoms with Gasteiger partial charge in [-0.15, -0.1) is 0 Å². The van der Waals surface area contributed by atoms with Gasteiger partial charge in [-0.1, -0.05) is 15.9 Å². The van der Waals surface area contributed by atoms with Crippen molar-refractivity contribution in [3.8, 4) is 0 Å². The third-order valence-corrected chi connectivity index (χ3v) is 4.66. The molecule has 2 fully saturated rings. The van der Waals surface area contributed by atoms with Crippen LogP contribution in [0, 0.1) is 0 Å². The van der Waals surface area contributed by atoms with E-state index >= 15 is 0 Å². The van der Waals surface area contributed by atoms with Crippen molar-refractivity contribution in [3.05, 3.63) is 0 Å². The fraction of sp³-hybridized carbons (Fsp3) is 0.900. The van der Waals surface area contributed by atoms with E-state index < -0.39 is 0 Å². The van der Waals surface area contributed by atoms with Gasteiger partial charge in [-0.25, -0.2) is 0 Å². The molecule has 0 aromatic carbocycles. The zero-order valence-corrected chi connectivity index (χ0v) is 9.90. The van der Waals surface area contributed by atoms with Crippen LogP contribution in [0.25, 0.3) is 0 Å². The molecular weight excluding hydrogens is 244 g/mol. The number of hydrogen-bond acceptors (Lipinski definition) is 2. The fourth-order valence-electron chi connectivity index (χ4n) is 1.94. The van der Waals surface area contributed by atoms with Crippen LogP contribution in [0.4, 0.5) is 0 Å². The molecule has 3 nitrogen and oxygen atoms in total. The first-order chi connectivity index (χ1) is 6.54. The van der Waals surface area contributed by atoms with Crippen molar-refractivity contribution >= 4 is 21.8 Å². The van der Waals surface area contributed by atoms with E-state index in [0.717, 1.165) is 32.1 Å². The molecule has 1 amide bonds. The van der Waals surface area contributed by atoms with Gasteiger partial charge in [0.25, 0.3) is 0 Å². The van der Waals surface area contributed by atoms with Gasteiger partial charge in [-0.2, -0.15) is 0 Å². The highest BCUT2D eigenvalue weighted by Crippen LogP contribution is 2.40. The minimum absolute atomic E-state index is 0.108. The molecule has 0 spiro atoms. The molecule has 0 heterocycles. The van der Waals surface area contributed by atoms with E-state index in [1.807, 2.05) is 0 Å². The van der Waals surface area contributed by atoms with Gasteiger partial charge in [0.05, 0.1) is 0 Å². The largest absolute Gasteiger partial charge is 0.353 e. The van der Waals surface area contributed by atoms with Crippen LogP contribution in [0.1, 0.15) is 38.5 Å². The Labute approximate surface area is 92.9 Å². The Morgan fingerprint density at radius 3 is 2.21 bits per heavy atom. The van der Waals surface area contributed by atoms with E-state index in [1.54, 1.807) is 0 Å². The van der Waals surface area contributed by atoms with E-state index in [2.05, 4.69) is 21.2 Å². The molecule has 80 valence electrons. The minimum atomic E-state index is -0.271. The van der Waals surface area contributed by atoms with Crippen LogP contribution in [-0.4, -0.2) is 22.3 Å². The molecule has 0 atom stereocenters. The summed E-state index contributed by atoms with van der Waals surface area (Å²) >= 11 is 3.49. The average molecular weight is 261 g/mol. The first kappa shape index (κ1) is 10.4. The van der Waals surface area contributed by atoms with Crippen LogP contribution in [0.15, 0.2) is 0 Å². The Morgan fingerprint density at radius 1 is 1.29 bits per heavy atom. The van der Waals surface area contributed by atoms with Crippen molar-refractivity contribution in [2.75, 3.05) is 6.54 Å². The Morgan fingerprint density at radius 2 is 1.86 bits per heavy atom. The SMILES string of the molecule is NC1(CNC(=O)C2(Br)CCC2)CCC1. The van der Waals surface area contributed by atoms with Crippen LogP contribution in [-0.2, 0) is 4.79 Å². The van der Waals surface area contributed by atoms with Gasteiger partial charge in [0.15, 0.2) is 0 Å². The number of hydrogen-bond donors (Lipinski definition) is 2. The summed E-state index contributed by atoms with van der Waals surface area (Å²) < 4.78 is -0.271. The maximum absolute atomic E-state index is 11.7. The maximum atomic E-state index is 11.7. The number of nitrogens with one attached hydrogen (secondary N) is 1. The smallest absolute Gasteiger partial charge is 0.236 e. The van der Waals surface area contributed by atoms with Crippen LogP contribution in [0.5, 0.6) is 0 Å². The lowest BCUT2D eigenvalue weighted by molar-refractivity contribution is -0.125. The molecule has 2 rings (SSSR count). The van der Waals surface area contributed by atoms with E-state index in [-0.39, 0.29) is 15.8 Å². The molecule has 0 unspecified atom stereocenters. The Kier molecular flexibility index (Phi) is 2.60. The molecular formula is C10H17BrN2O. The molecule has 4 heteroatoms. The van der Waals surface area contributed by atoms with Crippen LogP contribution in [0.2, 0.25) is 0 Å². The highest BCUT2D eigenvalue weighted by atomic mass is 79.9. The second-order valence-corrected chi connectivity index (χ2v) is 6.24. The molecule has 2 aliphatic rings. The van der Waals surface area contributed by atoms with Crippen molar-refractivity contribution in [1.82, 2.24) is 5.32 Å². The number of rotatable bonds is 3. The fourth-order valence-corrected chi connectivity index (χ4v) is 2.64. The van der Waals surface area contributed by atoms with E-state index in [1.165, 1.54) is 6.42 Å². The van der Waals surface area contributed by atoms with Gasteiger partial charge < -0.3 is 11.1 Å². The van der Waals surface area contributed by atoms with E-state index in [4.69, 9.17) is 5.73 Å². The molecule has 0 radical (unpaired) electrons. The molecule has 2 aliphatic carbocycles. The first-order valence-corrected chi connectivity index (χ1v) is 6.10. The second kappa shape index (κ2) is 3.49. The highest BCUT2D eigenvalue weighted by molar-refractivity contribution is 9.10. The summed E-state index contributed by atoms with van der Waals surface area (Å²) in [5.74, 6) is 0.125. The molecule has 0 saturated heterocycles. The summed E-state index contributed by atoms with van der Waals surface area (Å²) in [5, 5.41) is 2.96. The standard InChI is InChI=1S/C10H17BrN2O/c11-10(5-2-6-10)8(14)13-7-9(12)3-1-4-9/h1-7,12H2,(H,13,14). The number of halogens is 1. The zero-order chi connectivity index (χ0) is 10.2. The summed E-state index contributed by atoms with van der Waals surface area (Å²) in [5.41, 5.74) is 5.92. The topological polar surface area (TPSA) is 55.1 Å². The molecule has 0 aliphatic heterocycles. The Bertz CT molecular complexity index is 247. The number of carbonyl (C=O) groups is 1. The first-order valence-electron chi connectivity index (χ1n) is 5.30. The van der Waals surface area contributed by atoms with Gasteiger partial charge in [0, 0.05) is 12.1 Å². The molecule has 14 heavy (non-hydrogen) atoms. The minimum Gasteiger partial charge on any atom is -0.353 e. The van der Waals surface area contributed by atoms with Gasteiger partial charge in [-0.05, 0) is 38.5 Å². The number of alkyl halides is 1. The third kappa shape index (κ3) is 1.82. The number of nitrogens with two attached hydrogens (primary N) is 1. The molecule has 0 aromatic rings. The number of carbonyl (C=O) groups excluding carboxylic acids is 1. The normalized spacial score (nSPS) is 27.3. The average Bonchev–Trinajstić information content (AvgIpc) is 2.07. The maximum Gasteiger partial charge on any atom is 0.236 e. The molecule has 3 N–H and O–H groups in total. The molecule has 0 bridgehead atoms. The van der Waals surface area contributed by atoms with Gasteiger partial charge in [0.2, 0.25) is 5.91 Å². The van der Waals surface area contributed by atoms with Crippen molar-refractivity contribution in [2.24, 2.45) is 5.73 Å². The van der Waals surface area contributed by atoms with Crippen molar-refractivity contribution in [3.63, 3.8) is 0 Å². The lowest BCUT2D eigenvalue weighted by Gasteiger charge is -2.40. The summed E-state index contributed by atoms with van der Waals surface area (Å²) in [7, 11) is 0. The lowest BCUT2D eigenvalue weighted by atomic mass is 9.77. The summed E-state index contributed by atoms with van der Waals surface area (Å²) in [4.78, 5) is 11.7. The highest BCUT2D eigenvalue weighted by Gasteiger charge is 2.42. The monoisotopic (exact) mass is 260 g/mol. The Balaban J connectivity index is 1.77.